The Labute approximate surface area is 152 Å². The molecule has 6 nitrogen and oxygen atoms in total. The maximum atomic E-state index is 11.9. The number of benzene rings is 2. The number of esters is 1. The minimum atomic E-state index is -0.384. The fourth-order valence-corrected chi connectivity index (χ4v) is 2.93. The molecule has 26 heavy (non-hydrogen) atoms. The molecular formula is C20H22O6. The Morgan fingerprint density at radius 2 is 1.81 bits per heavy atom. The molecule has 0 spiro atoms. The molecule has 6 heteroatoms. The molecule has 0 aromatic heterocycles. The summed E-state index contributed by atoms with van der Waals surface area (Å²) >= 11 is 0. The topological polar surface area (TPSA) is 74.2 Å². The molecule has 2 aromatic rings. The van der Waals surface area contributed by atoms with Gasteiger partial charge in [0.2, 0.25) is 6.79 Å². The lowest BCUT2D eigenvalue weighted by Gasteiger charge is -2.19. The molecule has 0 saturated heterocycles. The monoisotopic (exact) mass is 358 g/mol. The lowest BCUT2D eigenvalue weighted by atomic mass is 9.87. The highest BCUT2D eigenvalue weighted by Gasteiger charge is 2.26. The number of fused-ring (bicyclic) bond motifs is 1. The molecule has 1 aliphatic heterocycles. The molecule has 2 aromatic carbocycles. The van der Waals surface area contributed by atoms with E-state index in [4.69, 9.17) is 18.9 Å². The van der Waals surface area contributed by atoms with Crippen LogP contribution in [0.4, 0.5) is 0 Å². The predicted molar refractivity (Wildman–Crippen MR) is 94.9 cm³/mol. The first-order chi connectivity index (χ1) is 12.5. The molecule has 0 fully saturated rings. The van der Waals surface area contributed by atoms with Gasteiger partial charge in [-0.25, -0.2) is 0 Å². The Hall–Kier alpha value is -2.89. The van der Waals surface area contributed by atoms with Crippen LogP contribution in [0.25, 0.3) is 0 Å². The van der Waals surface area contributed by atoms with E-state index >= 15 is 0 Å². The molecule has 0 radical (unpaired) electrons. The Bertz CT molecular complexity index is 782. The number of carbonyl (C=O) groups excluding carboxylic acids is 1. The summed E-state index contributed by atoms with van der Waals surface area (Å²) in [5.74, 6) is 1.08. The number of aromatic hydroxyl groups is 1. The summed E-state index contributed by atoms with van der Waals surface area (Å²) in [6, 6.07) is 10.7. The normalized spacial score (nSPS) is 13.5. The van der Waals surface area contributed by atoms with Gasteiger partial charge in [-0.05, 0) is 37.6 Å². The second kappa shape index (κ2) is 7.56. The molecule has 1 heterocycles. The van der Waals surface area contributed by atoms with Gasteiger partial charge in [0.15, 0.2) is 11.5 Å². The number of phenols is 1. The number of methoxy groups -OCH3 is 1. The second-order valence-electron chi connectivity index (χ2n) is 6.33. The fraction of sp³-hybridized carbons (Fsp3) is 0.350. The van der Waals surface area contributed by atoms with Crippen molar-refractivity contribution in [3.63, 3.8) is 0 Å². The molecule has 0 bridgehead atoms. The van der Waals surface area contributed by atoms with E-state index in [9.17, 15) is 9.90 Å². The minimum Gasteiger partial charge on any atom is -0.508 e. The minimum absolute atomic E-state index is 0.0469. The lowest BCUT2D eigenvalue weighted by Crippen LogP contribution is -2.11. The highest BCUT2D eigenvalue weighted by molar-refractivity contribution is 5.72. The number of hydrogen-bond donors (Lipinski definition) is 1. The van der Waals surface area contributed by atoms with E-state index in [0.717, 1.165) is 11.3 Å². The van der Waals surface area contributed by atoms with Crippen LogP contribution >= 0.6 is 0 Å². The first kappa shape index (κ1) is 17.9. The van der Waals surface area contributed by atoms with Gasteiger partial charge in [-0.15, -0.1) is 0 Å². The fourth-order valence-electron chi connectivity index (χ4n) is 2.93. The van der Waals surface area contributed by atoms with Gasteiger partial charge in [0, 0.05) is 17.5 Å². The Balaban J connectivity index is 1.97. The molecule has 0 amide bonds. The third kappa shape index (κ3) is 3.85. The summed E-state index contributed by atoms with van der Waals surface area (Å²) in [6.45, 7) is 4.03. The number of rotatable bonds is 6. The summed E-state index contributed by atoms with van der Waals surface area (Å²) in [4.78, 5) is 11.9. The van der Waals surface area contributed by atoms with Crippen LogP contribution in [0, 0.1) is 0 Å². The van der Waals surface area contributed by atoms with Crippen molar-refractivity contribution in [1.82, 2.24) is 0 Å². The lowest BCUT2D eigenvalue weighted by molar-refractivity contribution is -0.140. The zero-order valence-corrected chi connectivity index (χ0v) is 15.0. The predicted octanol–water partition coefficient (Wildman–Crippen LogP) is 3.60. The number of hydrogen-bond acceptors (Lipinski definition) is 6. The number of phenolic OH excluding ortho intramolecular Hbond substituents is 1. The van der Waals surface area contributed by atoms with Crippen LogP contribution in [0.3, 0.4) is 0 Å². The van der Waals surface area contributed by atoms with Crippen molar-refractivity contribution in [2.45, 2.75) is 32.3 Å². The summed E-state index contributed by atoms with van der Waals surface area (Å²) in [7, 11) is 1.35. The van der Waals surface area contributed by atoms with Crippen molar-refractivity contribution in [3.8, 4) is 23.0 Å². The van der Waals surface area contributed by atoms with Gasteiger partial charge in [-0.1, -0.05) is 12.1 Å². The first-order valence-corrected chi connectivity index (χ1v) is 8.44. The molecular weight excluding hydrogens is 336 g/mol. The van der Waals surface area contributed by atoms with E-state index in [2.05, 4.69) is 0 Å². The highest BCUT2D eigenvalue weighted by atomic mass is 16.7. The quantitative estimate of drug-likeness (QED) is 0.795. The van der Waals surface area contributed by atoms with Gasteiger partial charge >= 0.3 is 5.97 Å². The van der Waals surface area contributed by atoms with Crippen molar-refractivity contribution >= 4 is 5.97 Å². The maximum Gasteiger partial charge on any atom is 0.306 e. The van der Waals surface area contributed by atoms with E-state index in [1.165, 1.54) is 13.2 Å². The second-order valence-corrected chi connectivity index (χ2v) is 6.33. The van der Waals surface area contributed by atoms with E-state index in [1.54, 1.807) is 6.07 Å². The standard InChI is InChI=1S/C20H22O6/c1-12(2)26-14-6-4-13(5-7-14)15(9-20(22)23-3)16-8-18-19(10-17(16)21)25-11-24-18/h4-8,10,12,15,21H,9,11H2,1-3H3. The van der Waals surface area contributed by atoms with Crippen molar-refractivity contribution in [2.75, 3.05) is 13.9 Å². The van der Waals surface area contributed by atoms with Crippen molar-refractivity contribution in [3.05, 3.63) is 47.5 Å². The van der Waals surface area contributed by atoms with E-state index in [0.29, 0.717) is 17.1 Å². The van der Waals surface area contributed by atoms with Gasteiger partial charge < -0.3 is 24.1 Å². The molecule has 1 aliphatic rings. The zero-order valence-electron chi connectivity index (χ0n) is 15.0. The van der Waals surface area contributed by atoms with Gasteiger partial charge in [0.25, 0.3) is 0 Å². The van der Waals surface area contributed by atoms with Crippen LogP contribution < -0.4 is 14.2 Å². The zero-order chi connectivity index (χ0) is 18.7. The summed E-state index contributed by atoms with van der Waals surface area (Å²) in [5.41, 5.74) is 1.44. The van der Waals surface area contributed by atoms with Crippen LogP contribution in [0.15, 0.2) is 36.4 Å². The first-order valence-electron chi connectivity index (χ1n) is 8.44. The van der Waals surface area contributed by atoms with Crippen molar-refractivity contribution in [2.24, 2.45) is 0 Å². The van der Waals surface area contributed by atoms with Gasteiger partial charge in [-0.2, -0.15) is 0 Å². The smallest absolute Gasteiger partial charge is 0.306 e. The summed E-state index contributed by atoms with van der Waals surface area (Å²) in [6.07, 6.45) is 0.165. The van der Waals surface area contributed by atoms with Crippen molar-refractivity contribution in [1.29, 1.82) is 0 Å². The van der Waals surface area contributed by atoms with Crippen LogP contribution in [-0.2, 0) is 9.53 Å². The van der Waals surface area contributed by atoms with Gasteiger partial charge in [-0.3, -0.25) is 4.79 Å². The molecule has 1 N–H and O–H groups in total. The van der Waals surface area contributed by atoms with Crippen LogP contribution in [0.5, 0.6) is 23.0 Å². The SMILES string of the molecule is COC(=O)CC(c1ccc(OC(C)C)cc1)c1cc2c(cc1O)OCO2. The van der Waals surface area contributed by atoms with E-state index in [1.807, 2.05) is 38.1 Å². The number of carbonyl (C=O) groups is 1. The van der Waals surface area contributed by atoms with Crippen LogP contribution in [0.2, 0.25) is 0 Å². The van der Waals surface area contributed by atoms with E-state index in [-0.39, 0.29) is 37.0 Å². The van der Waals surface area contributed by atoms with Gasteiger partial charge in [0.05, 0.1) is 19.6 Å². The largest absolute Gasteiger partial charge is 0.508 e. The molecule has 0 saturated carbocycles. The Morgan fingerprint density at radius 1 is 1.15 bits per heavy atom. The van der Waals surface area contributed by atoms with Gasteiger partial charge in [0.1, 0.15) is 11.5 Å². The molecule has 3 rings (SSSR count). The summed E-state index contributed by atoms with van der Waals surface area (Å²) < 4.78 is 21.2. The highest BCUT2D eigenvalue weighted by Crippen LogP contribution is 2.43. The molecule has 0 aliphatic carbocycles. The third-order valence-corrected chi connectivity index (χ3v) is 4.15. The average molecular weight is 358 g/mol. The molecule has 1 unspecified atom stereocenters. The maximum absolute atomic E-state index is 11.9. The van der Waals surface area contributed by atoms with E-state index < -0.39 is 0 Å². The molecule has 138 valence electrons. The number of ether oxygens (including phenoxy) is 4. The summed E-state index contributed by atoms with van der Waals surface area (Å²) in [5, 5.41) is 10.5. The molecule has 1 atom stereocenters. The average Bonchev–Trinajstić information content (AvgIpc) is 3.06. The van der Waals surface area contributed by atoms with Crippen molar-refractivity contribution < 1.29 is 28.8 Å². The Kier molecular flexibility index (Phi) is 5.21. The Morgan fingerprint density at radius 3 is 2.42 bits per heavy atom. The van der Waals surface area contributed by atoms with Crippen LogP contribution in [0.1, 0.15) is 37.3 Å². The third-order valence-electron chi connectivity index (χ3n) is 4.15. The van der Waals surface area contributed by atoms with Crippen LogP contribution in [-0.4, -0.2) is 31.1 Å².